The van der Waals surface area contributed by atoms with Crippen LogP contribution in [-0.4, -0.2) is 36.0 Å². The van der Waals surface area contributed by atoms with E-state index in [1.807, 2.05) is 6.08 Å². The van der Waals surface area contributed by atoms with Gasteiger partial charge in [0.05, 0.1) is 6.20 Å². The second-order valence-corrected chi connectivity index (χ2v) is 7.42. The highest BCUT2D eigenvalue weighted by Gasteiger charge is 2.29. The summed E-state index contributed by atoms with van der Waals surface area (Å²) in [6, 6.07) is 1.48. The van der Waals surface area contributed by atoms with Gasteiger partial charge in [-0.3, -0.25) is 5.10 Å². The van der Waals surface area contributed by atoms with Crippen molar-refractivity contribution in [1.29, 1.82) is 0 Å². The van der Waals surface area contributed by atoms with Crippen LogP contribution >= 0.6 is 0 Å². The van der Waals surface area contributed by atoms with Crippen LogP contribution in [0.5, 0.6) is 0 Å². The van der Waals surface area contributed by atoms with Crippen LogP contribution in [0.3, 0.4) is 0 Å². The summed E-state index contributed by atoms with van der Waals surface area (Å²) in [7, 11) is -3.42. The Balaban J connectivity index is 2.18. The van der Waals surface area contributed by atoms with Crippen molar-refractivity contribution < 1.29 is 8.42 Å². The van der Waals surface area contributed by atoms with E-state index in [1.165, 1.54) is 22.1 Å². The van der Waals surface area contributed by atoms with Crippen LogP contribution in [-0.2, 0) is 10.0 Å². The summed E-state index contributed by atoms with van der Waals surface area (Å²) < 4.78 is 25.9. The molecule has 0 unspecified atom stereocenters. The molecule has 2 rings (SSSR count). The van der Waals surface area contributed by atoms with Gasteiger partial charge in [0.25, 0.3) is 10.0 Å². The van der Waals surface area contributed by atoms with Crippen molar-refractivity contribution in [2.45, 2.75) is 32.2 Å². The third kappa shape index (κ3) is 2.49. The molecule has 0 saturated carbocycles. The lowest BCUT2D eigenvalue weighted by Crippen LogP contribution is -2.36. The first-order valence-corrected chi connectivity index (χ1v) is 7.45. The van der Waals surface area contributed by atoms with E-state index in [-0.39, 0.29) is 10.4 Å². The Labute approximate surface area is 108 Å². The number of sulfonamides is 1. The number of nitrogens with zero attached hydrogens (tertiary/aromatic N) is 2. The number of hydrogen-bond acceptors (Lipinski definition) is 3. The molecule has 1 N–H and O–H groups in total. The zero-order chi connectivity index (χ0) is 13.4. The van der Waals surface area contributed by atoms with Crippen molar-refractivity contribution in [3.05, 3.63) is 23.9 Å². The molecule has 1 aliphatic heterocycles. The molecule has 5 nitrogen and oxygen atoms in total. The molecular formula is C12H19N3O2S. The van der Waals surface area contributed by atoms with Gasteiger partial charge >= 0.3 is 0 Å². The smallest absolute Gasteiger partial charge is 0.260 e. The first kappa shape index (κ1) is 13.3. The van der Waals surface area contributed by atoms with Gasteiger partial charge in [0.2, 0.25) is 0 Å². The normalized spacial score (nSPS) is 18.7. The third-order valence-electron chi connectivity index (χ3n) is 3.23. The summed E-state index contributed by atoms with van der Waals surface area (Å²) in [6.07, 6.45) is 4.27. The van der Waals surface area contributed by atoms with Crippen LogP contribution in [0.2, 0.25) is 0 Å². The highest BCUT2D eigenvalue weighted by atomic mass is 32.2. The van der Waals surface area contributed by atoms with E-state index in [9.17, 15) is 8.42 Å². The number of aromatic nitrogens is 2. The van der Waals surface area contributed by atoms with E-state index in [4.69, 9.17) is 0 Å². The molecule has 2 heterocycles. The molecule has 0 aromatic carbocycles. The second-order valence-electron chi connectivity index (χ2n) is 5.51. The molecule has 18 heavy (non-hydrogen) atoms. The average Bonchev–Trinajstić information content (AvgIpc) is 2.82. The van der Waals surface area contributed by atoms with E-state index < -0.39 is 10.0 Å². The molecule has 1 aromatic heterocycles. The molecule has 1 aliphatic rings. The van der Waals surface area contributed by atoms with Crippen molar-refractivity contribution in [3.8, 4) is 0 Å². The Morgan fingerprint density at radius 1 is 1.39 bits per heavy atom. The summed E-state index contributed by atoms with van der Waals surface area (Å²) in [6.45, 7) is 7.42. The fourth-order valence-corrected chi connectivity index (χ4v) is 3.36. The van der Waals surface area contributed by atoms with Gasteiger partial charge in [-0.05, 0) is 17.9 Å². The largest absolute Gasteiger partial charge is 0.266 e. The lowest BCUT2D eigenvalue weighted by atomic mass is 9.83. The van der Waals surface area contributed by atoms with Crippen LogP contribution in [0.25, 0.3) is 0 Å². The third-order valence-corrected chi connectivity index (χ3v) is 5.02. The molecule has 0 fully saturated rings. The molecule has 0 atom stereocenters. The Kier molecular flexibility index (Phi) is 3.33. The standard InChI is InChI=1S/C12H19N3O2S/c1-12(2,3)10-5-8-15(9-6-10)18(16,17)11-4-7-13-14-11/h4-5,7H,6,8-9H2,1-3H3,(H,13,14). The van der Waals surface area contributed by atoms with Gasteiger partial charge < -0.3 is 0 Å². The number of H-pyrrole nitrogens is 1. The van der Waals surface area contributed by atoms with Crippen molar-refractivity contribution >= 4 is 10.0 Å². The zero-order valence-corrected chi connectivity index (χ0v) is 11.8. The Bertz CT molecular complexity index is 538. The summed E-state index contributed by atoms with van der Waals surface area (Å²) in [5, 5.41) is 6.37. The molecule has 100 valence electrons. The topological polar surface area (TPSA) is 66.1 Å². The Hall–Kier alpha value is -1.14. The number of nitrogens with one attached hydrogen (secondary N) is 1. The quantitative estimate of drug-likeness (QED) is 0.832. The van der Waals surface area contributed by atoms with Gasteiger partial charge in [0, 0.05) is 13.1 Å². The molecule has 6 heteroatoms. The summed E-state index contributed by atoms with van der Waals surface area (Å²) >= 11 is 0. The monoisotopic (exact) mass is 269 g/mol. The van der Waals surface area contributed by atoms with Gasteiger partial charge in [-0.2, -0.15) is 9.40 Å². The van der Waals surface area contributed by atoms with Crippen LogP contribution in [0.4, 0.5) is 0 Å². The number of hydrogen-bond donors (Lipinski definition) is 1. The molecular weight excluding hydrogens is 250 g/mol. The van der Waals surface area contributed by atoms with Crippen LogP contribution in [0.1, 0.15) is 27.2 Å². The molecule has 1 aromatic rings. The first-order valence-electron chi connectivity index (χ1n) is 6.01. The molecule has 0 saturated heterocycles. The van der Waals surface area contributed by atoms with Gasteiger partial charge in [0.15, 0.2) is 5.03 Å². The van der Waals surface area contributed by atoms with Gasteiger partial charge in [0.1, 0.15) is 0 Å². The molecule has 0 amide bonds. The average molecular weight is 269 g/mol. The summed E-state index contributed by atoms with van der Waals surface area (Å²) in [4.78, 5) is 0. The molecule has 0 aliphatic carbocycles. The van der Waals surface area contributed by atoms with Crippen molar-refractivity contribution in [3.63, 3.8) is 0 Å². The van der Waals surface area contributed by atoms with Gasteiger partial charge in [-0.15, -0.1) is 0 Å². The number of aromatic amines is 1. The van der Waals surface area contributed by atoms with Crippen molar-refractivity contribution in [2.75, 3.05) is 13.1 Å². The van der Waals surface area contributed by atoms with E-state index in [0.29, 0.717) is 13.1 Å². The lowest BCUT2D eigenvalue weighted by Gasteiger charge is -2.31. The molecule has 0 radical (unpaired) electrons. The van der Waals surface area contributed by atoms with Crippen molar-refractivity contribution in [2.24, 2.45) is 5.41 Å². The maximum absolute atomic E-state index is 12.2. The van der Waals surface area contributed by atoms with E-state index >= 15 is 0 Å². The minimum atomic E-state index is -3.42. The minimum absolute atomic E-state index is 0.115. The fraction of sp³-hybridized carbons (Fsp3) is 0.583. The Morgan fingerprint density at radius 2 is 2.11 bits per heavy atom. The number of rotatable bonds is 2. The predicted molar refractivity (Wildman–Crippen MR) is 69.5 cm³/mol. The van der Waals surface area contributed by atoms with E-state index in [1.54, 1.807) is 0 Å². The summed E-state index contributed by atoms with van der Waals surface area (Å²) in [5.74, 6) is 0. The zero-order valence-electron chi connectivity index (χ0n) is 11.0. The highest BCUT2D eigenvalue weighted by Crippen LogP contribution is 2.31. The second kappa shape index (κ2) is 4.51. The first-order chi connectivity index (χ1) is 8.32. The van der Waals surface area contributed by atoms with E-state index in [0.717, 1.165) is 6.42 Å². The maximum atomic E-state index is 12.2. The Morgan fingerprint density at radius 3 is 2.56 bits per heavy atom. The van der Waals surface area contributed by atoms with Crippen LogP contribution in [0.15, 0.2) is 28.9 Å². The van der Waals surface area contributed by atoms with E-state index in [2.05, 4.69) is 31.0 Å². The fourth-order valence-electron chi connectivity index (χ4n) is 2.08. The highest BCUT2D eigenvalue weighted by molar-refractivity contribution is 7.89. The van der Waals surface area contributed by atoms with Crippen LogP contribution in [0, 0.1) is 5.41 Å². The SMILES string of the molecule is CC(C)(C)C1=CCN(S(=O)(=O)c2ccn[nH]2)CC1. The molecule has 0 spiro atoms. The maximum Gasteiger partial charge on any atom is 0.260 e. The minimum Gasteiger partial charge on any atom is -0.266 e. The van der Waals surface area contributed by atoms with Crippen LogP contribution < -0.4 is 0 Å². The molecule has 0 bridgehead atoms. The summed E-state index contributed by atoms with van der Waals surface area (Å²) in [5.41, 5.74) is 1.43. The van der Waals surface area contributed by atoms with Gasteiger partial charge in [-0.25, -0.2) is 8.42 Å². The predicted octanol–water partition coefficient (Wildman–Crippen LogP) is 1.78. The van der Waals surface area contributed by atoms with Crippen molar-refractivity contribution in [1.82, 2.24) is 14.5 Å². The van der Waals surface area contributed by atoms with Gasteiger partial charge in [-0.1, -0.05) is 32.4 Å². The lowest BCUT2D eigenvalue weighted by molar-refractivity contribution is 0.388.